The van der Waals surface area contributed by atoms with Gasteiger partial charge in [0.05, 0.1) is 0 Å². The lowest BCUT2D eigenvalue weighted by atomic mass is 10.1. The van der Waals surface area contributed by atoms with Crippen molar-refractivity contribution in [1.82, 2.24) is 0 Å². The van der Waals surface area contributed by atoms with Crippen LogP contribution in [0.5, 0.6) is 0 Å². The van der Waals surface area contributed by atoms with Crippen molar-refractivity contribution in [3.05, 3.63) is 47.9 Å². The van der Waals surface area contributed by atoms with Crippen LogP contribution in [0.15, 0.2) is 42.5 Å². The number of hydrogen-bond acceptors (Lipinski definition) is 3. The zero-order chi connectivity index (χ0) is 14.1. The molecule has 2 rings (SSSR count). The van der Waals surface area contributed by atoms with E-state index < -0.39 is 15.6 Å². The monoisotopic (exact) mass is 290 g/mol. The van der Waals surface area contributed by atoms with Crippen LogP contribution in [0.3, 0.4) is 0 Å². The van der Waals surface area contributed by atoms with Gasteiger partial charge >= 0.3 is 15.6 Å². The molecule has 0 unspecified atom stereocenters. The van der Waals surface area contributed by atoms with Crippen molar-refractivity contribution in [3.8, 4) is 0 Å². The number of nitrogens with zero attached hydrogens (tertiary/aromatic N) is 1. The summed E-state index contributed by atoms with van der Waals surface area (Å²) >= 11 is 0. The van der Waals surface area contributed by atoms with Gasteiger partial charge in [0.15, 0.2) is 0 Å². The maximum absolute atomic E-state index is 12.1. The van der Waals surface area contributed by atoms with Gasteiger partial charge in [-0.3, -0.25) is 0 Å². The van der Waals surface area contributed by atoms with Gasteiger partial charge in [-0.1, -0.05) is 42.5 Å². The van der Waals surface area contributed by atoms with Crippen molar-refractivity contribution in [2.24, 2.45) is 0 Å². The van der Waals surface area contributed by atoms with Crippen molar-refractivity contribution in [2.75, 3.05) is 0 Å². The Hall–Kier alpha value is -1.80. The summed E-state index contributed by atoms with van der Waals surface area (Å²) in [5, 5.41) is 1.19. The molecule has 0 amide bonds. The van der Waals surface area contributed by atoms with Gasteiger partial charge < -0.3 is 9.76 Å². The molecule has 8 heteroatoms. The number of alkyl halides is 3. The normalized spacial score (nSPS) is 12.6. The summed E-state index contributed by atoms with van der Waals surface area (Å²) in [6.07, 6.45) is 0. The summed E-state index contributed by atoms with van der Waals surface area (Å²) in [6, 6.07) is 11.3. The fraction of sp³-hybridized carbons (Fsp3) is 0.0909. The van der Waals surface area contributed by atoms with Gasteiger partial charge in [0.25, 0.3) is 0 Å². The molecule has 0 aliphatic carbocycles. The molecular formula is C11H7F3NO3S-. The van der Waals surface area contributed by atoms with E-state index in [1.54, 1.807) is 30.3 Å². The van der Waals surface area contributed by atoms with Crippen LogP contribution in [-0.4, -0.2) is 13.9 Å². The standard InChI is InChI=1S/C11H7F3NO3S/c12-11(13,14)19(16,17)18-15-10-7-3-5-8-4-1-2-6-9(8)10/h1-7H/q-1. The van der Waals surface area contributed by atoms with E-state index in [9.17, 15) is 21.6 Å². The van der Waals surface area contributed by atoms with E-state index in [2.05, 4.69) is 9.76 Å². The van der Waals surface area contributed by atoms with E-state index in [1.807, 2.05) is 0 Å². The number of benzene rings is 2. The van der Waals surface area contributed by atoms with Crippen LogP contribution in [0.1, 0.15) is 0 Å². The molecule has 0 radical (unpaired) electrons. The van der Waals surface area contributed by atoms with E-state index in [4.69, 9.17) is 0 Å². The molecule has 0 saturated heterocycles. The molecule has 0 atom stereocenters. The molecule has 0 aliphatic rings. The van der Waals surface area contributed by atoms with Gasteiger partial charge in [-0.2, -0.15) is 21.6 Å². The molecule has 2 aromatic carbocycles. The SMILES string of the molecule is O=S(=O)(O[N-]c1cccc2ccccc12)C(F)(F)F. The number of halogens is 3. The largest absolute Gasteiger partial charge is 0.544 e. The highest BCUT2D eigenvalue weighted by Crippen LogP contribution is 2.33. The molecule has 0 bridgehead atoms. The third-order valence-electron chi connectivity index (χ3n) is 2.28. The van der Waals surface area contributed by atoms with Gasteiger partial charge in [-0.15, -0.1) is 5.69 Å². The van der Waals surface area contributed by atoms with Crippen LogP contribution in [0, 0.1) is 0 Å². The van der Waals surface area contributed by atoms with Crippen molar-refractivity contribution in [3.63, 3.8) is 0 Å². The smallest absolute Gasteiger partial charge is 0.521 e. The minimum absolute atomic E-state index is 0.00549. The van der Waals surface area contributed by atoms with Crippen LogP contribution in [-0.2, 0) is 14.4 Å². The molecule has 102 valence electrons. The van der Waals surface area contributed by atoms with Crippen molar-refractivity contribution in [2.45, 2.75) is 5.51 Å². The molecular weight excluding hydrogens is 283 g/mol. The average molecular weight is 290 g/mol. The first kappa shape index (κ1) is 13.6. The molecule has 0 heterocycles. The molecule has 0 spiro atoms. The second-order valence-corrected chi connectivity index (χ2v) is 5.08. The molecule has 0 aliphatic heterocycles. The van der Waals surface area contributed by atoms with Gasteiger partial charge in [-0.05, 0) is 10.8 Å². The Labute approximate surface area is 106 Å². The van der Waals surface area contributed by atoms with Crippen molar-refractivity contribution >= 4 is 26.6 Å². The Kier molecular flexibility index (Phi) is 3.38. The summed E-state index contributed by atoms with van der Waals surface area (Å²) in [5.74, 6) is 0. The summed E-state index contributed by atoms with van der Waals surface area (Å²) in [6.45, 7) is 0. The molecule has 0 fully saturated rings. The van der Waals surface area contributed by atoms with E-state index in [-0.39, 0.29) is 5.69 Å². The number of rotatable bonds is 3. The Morgan fingerprint density at radius 3 is 2.32 bits per heavy atom. The maximum Gasteiger partial charge on any atom is 0.521 e. The number of hydrogen-bond donors (Lipinski definition) is 0. The first-order chi connectivity index (χ1) is 8.81. The summed E-state index contributed by atoms with van der Waals surface area (Å²) in [7, 11) is -5.73. The van der Waals surface area contributed by atoms with E-state index in [1.165, 1.54) is 12.1 Å². The summed E-state index contributed by atoms with van der Waals surface area (Å²) in [4.78, 5) is 0. The molecule has 0 aromatic heterocycles. The predicted octanol–water partition coefficient (Wildman–Crippen LogP) is 3.63. The van der Waals surface area contributed by atoms with Gasteiger partial charge in [-0.25, -0.2) is 0 Å². The minimum Gasteiger partial charge on any atom is -0.544 e. The Morgan fingerprint density at radius 1 is 1.00 bits per heavy atom. The lowest BCUT2D eigenvalue weighted by molar-refractivity contribution is -0.0519. The van der Waals surface area contributed by atoms with Crippen LogP contribution >= 0.6 is 0 Å². The molecule has 0 saturated carbocycles. The van der Waals surface area contributed by atoms with Gasteiger partial charge in [0.2, 0.25) is 0 Å². The molecule has 4 nitrogen and oxygen atoms in total. The van der Waals surface area contributed by atoms with E-state index in [0.717, 1.165) is 0 Å². The molecule has 19 heavy (non-hydrogen) atoms. The molecule has 2 aromatic rings. The zero-order valence-corrected chi connectivity index (χ0v) is 10.1. The molecule has 0 N–H and O–H groups in total. The van der Waals surface area contributed by atoms with Crippen LogP contribution < -0.4 is 0 Å². The second-order valence-electron chi connectivity index (χ2n) is 3.56. The second kappa shape index (κ2) is 4.71. The van der Waals surface area contributed by atoms with Gasteiger partial charge in [0, 0.05) is 0 Å². The van der Waals surface area contributed by atoms with E-state index >= 15 is 0 Å². The third-order valence-corrected chi connectivity index (χ3v) is 3.12. The lowest BCUT2D eigenvalue weighted by Gasteiger charge is -2.23. The Bertz CT molecular complexity index is 692. The first-order valence-electron chi connectivity index (χ1n) is 5.00. The first-order valence-corrected chi connectivity index (χ1v) is 6.41. The van der Waals surface area contributed by atoms with Crippen LogP contribution in [0.2, 0.25) is 0 Å². The quantitative estimate of drug-likeness (QED) is 0.640. The highest BCUT2D eigenvalue weighted by atomic mass is 32.2. The fourth-order valence-corrected chi connectivity index (χ4v) is 1.68. The number of fused-ring (bicyclic) bond motifs is 1. The Balaban J connectivity index is 2.29. The van der Waals surface area contributed by atoms with Crippen molar-refractivity contribution < 1.29 is 25.9 Å². The Morgan fingerprint density at radius 2 is 1.63 bits per heavy atom. The average Bonchev–Trinajstić information content (AvgIpc) is 2.35. The highest BCUT2D eigenvalue weighted by Gasteiger charge is 2.45. The van der Waals surface area contributed by atoms with Crippen LogP contribution in [0.25, 0.3) is 16.3 Å². The van der Waals surface area contributed by atoms with E-state index in [0.29, 0.717) is 10.8 Å². The topological polar surface area (TPSA) is 57.5 Å². The minimum atomic E-state index is -5.73. The zero-order valence-electron chi connectivity index (χ0n) is 9.26. The highest BCUT2D eigenvalue weighted by molar-refractivity contribution is 7.87. The summed E-state index contributed by atoms with van der Waals surface area (Å²) < 4.78 is 61.3. The van der Waals surface area contributed by atoms with Crippen molar-refractivity contribution in [1.29, 1.82) is 0 Å². The fourth-order valence-electron chi connectivity index (χ4n) is 1.42. The summed E-state index contributed by atoms with van der Waals surface area (Å²) in [5.41, 5.74) is -2.43. The lowest BCUT2D eigenvalue weighted by Crippen LogP contribution is -2.23. The maximum atomic E-state index is 12.1. The van der Waals surface area contributed by atoms with Gasteiger partial charge in [0.1, 0.15) is 0 Å². The predicted molar refractivity (Wildman–Crippen MR) is 63.0 cm³/mol. The third kappa shape index (κ3) is 2.79. The van der Waals surface area contributed by atoms with Crippen LogP contribution in [0.4, 0.5) is 18.9 Å².